The summed E-state index contributed by atoms with van der Waals surface area (Å²) in [6.07, 6.45) is 4.46. The van der Waals surface area contributed by atoms with Gasteiger partial charge >= 0.3 is 0 Å². The summed E-state index contributed by atoms with van der Waals surface area (Å²) in [6.45, 7) is 0. The molecule has 3 aromatic rings. The first-order chi connectivity index (χ1) is 13.2. The van der Waals surface area contributed by atoms with E-state index >= 15 is 0 Å². The zero-order chi connectivity index (χ0) is 18.4. The number of fused-ring (bicyclic) bond motifs is 2. The predicted octanol–water partition coefficient (Wildman–Crippen LogP) is 6.29. The molecule has 2 aliphatic rings. The minimum absolute atomic E-state index is 0. The molecule has 0 aromatic heterocycles. The second-order valence-electron chi connectivity index (χ2n) is 7.17. The molecule has 0 spiro atoms. The van der Waals surface area contributed by atoms with E-state index in [2.05, 4.69) is 66.7 Å². The zero-order valence-electron chi connectivity index (χ0n) is 15.2. The fourth-order valence-corrected chi connectivity index (χ4v) is 5.04. The summed E-state index contributed by atoms with van der Waals surface area (Å²) < 4.78 is 0. The third kappa shape index (κ3) is 3.11. The van der Waals surface area contributed by atoms with Gasteiger partial charge in [0.05, 0.1) is 5.38 Å². The van der Waals surface area contributed by atoms with Gasteiger partial charge in [-0.25, -0.2) is 0 Å². The van der Waals surface area contributed by atoms with Crippen molar-refractivity contribution in [3.63, 3.8) is 0 Å². The number of benzene rings is 3. The molecule has 0 bridgehead atoms. The number of hydrogen-bond acceptors (Lipinski definition) is 0. The Labute approximate surface area is 195 Å². The molecule has 2 unspecified atom stereocenters. The molecule has 0 amide bonds. The van der Waals surface area contributed by atoms with Gasteiger partial charge in [-0.3, -0.25) is 0 Å². The Morgan fingerprint density at radius 3 is 2.14 bits per heavy atom. The molecule has 3 aromatic carbocycles. The molecule has 2 aliphatic carbocycles. The zero-order valence-corrected chi connectivity index (χ0v) is 19.2. The maximum Gasteiger partial charge on any atom is 0.187 e. The van der Waals surface area contributed by atoms with Crippen molar-refractivity contribution in [2.45, 2.75) is 10.3 Å². The van der Waals surface area contributed by atoms with Crippen LogP contribution in [0.3, 0.4) is 0 Å². The van der Waals surface area contributed by atoms with Crippen molar-refractivity contribution in [3.05, 3.63) is 118 Å². The molecular formula is C24H17BCl2Zr. The Balaban J connectivity index is 0.00000192. The van der Waals surface area contributed by atoms with E-state index in [9.17, 15) is 0 Å². The van der Waals surface area contributed by atoms with E-state index in [0.717, 1.165) is 18.4 Å². The van der Waals surface area contributed by atoms with Gasteiger partial charge in [-0.1, -0.05) is 102 Å². The van der Waals surface area contributed by atoms with Gasteiger partial charge in [0.1, 0.15) is 4.87 Å². The van der Waals surface area contributed by atoms with Crippen molar-refractivity contribution in [1.82, 2.24) is 0 Å². The van der Waals surface area contributed by atoms with E-state index in [0.29, 0.717) is 0 Å². The molecule has 0 saturated heterocycles. The molecule has 0 nitrogen and oxygen atoms in total. The van der Waals surface area contributed by atoms with E-state index in [-0.39, 0.29) is 31.6 Å². The molecule has 28 heavy (non-hydrogen) atoms. The predicted molar refractivity (Wildman–Crippen MR) is 118 cm³/mol. The maximum atomic E-state index is 7.39. The summed E-state index contributed by atoms with van der Waals surface area (Å²) in [4.78, 5) is -0.649. The number of hydrogen-bond donors (Lipinski definition) is 0. The average molecular weight is 478 g/mol. The molecular weight excluding hydrogens is 461 g/mol. The molecule has 0 radical (unpaired) electrons. The van der Waals surface area contributed by atoms with Crippen molar-refractivity contribution in [3.8, 4) is 0 Å². The van der Waals surface area contributed by atoms with Crippen molar-refractivity contribution < 1.29 is 26.2 Å². The summed E-state index contributed by atoms with van der Waals surface area (Å²) in [6, 6.07) is 27.1. The molecule has 5 rings (SSSR count). The first-order valence-corrected chi connectivity index (χ1v) is 9.98. The average Bonchev–Trinajstić information content (AvgIpc) is 3.19. The third-order valence-electron chi connectivity index (χ3n) is 5.61. The van der Waals surface area contributed by atoms with E-state index < -0.39 is 4.87 Å². The Bertz CT molecular complexity index is 1090. The van der Waals surface area contributed by atoms with Crippen LogP contribution >= 0.6 is 23.2 Å². The van der Waals surface area contributed by atoms with Gasteiger partial charge in [-0.05, 0) is 27.8 Å². The minimum atomic E-state index is -0.649. The maximum absolute atomic E-state index is 7.39. The van der Waals surface area contributed by atoms with Crippen LogP contribution < -0.4 is 0 Å². The van der Waals surface area contributed by atoms with Gasteiger partial charge in [-0.15, -0.1) is 23.2 Å². The quantitative estimate of drug-likeness (QED) is 0.307. The summed E-state index contributed by atoms with van der Waals surface area (Å²) in [7, 11) is 0.760. The first kappa shape index (κ1) is 20.0. The Morgan fingerprint density at radius 2 is 1.39 bits per heavy atom. The van der Waals surface area contributed by atoms with Crippen LogP contribution in [0.5, 0.6) is 0 Å². The second-order valence-corrected chi connectivity index (χ2v) is 8.17. The van der Waals surface area contributed by atoms with Crippen LogP contribution in [0.1, 0.15) is 33.2 Å². The first-order valence-electron chi connectivity index (χ1n) is 9.16. The van der Waals surface area contributed by atoms with Crippen LogP contribution in [0.2, 0.25) is 0 Å². The fourth-order valence-electron chi connectivity index (χ4n) is 4.28. The molecule has 134 valence electrons. The molecule has 0 N–H and O–H groups in total. The van der Waals surface area contributed by atoms with Crippen molar-refractivity contribution in [2.75, 3.05) is 0 Å². The summed E-state index contributed by atoms with van der Waals surface area (Å²) >= 11 is 14.2. The third-order valence-corrected chi connectivity index (χ3v) is 6.79. The Morgan fingerprint density at radius 1 is 0.750 bits per heavy atom. The topological polar surface area (TPSA) is 0 Å². The van der Waals surface area contributed by atoms with E-state index in [4.69, 9.17) is 23.2 Å². The Hall–Kier alpha value is -1.33. The molecule has 0 saturated carbocycles. The normalized spacial score (nSPS) is 21.9. The molecule has 2 atom stereocenters. The van der Waals surface area contributed by atoms with Gasteiger partial charge < -0.3 is 0 Å². The summed E-state index contributed by atoms with van der Waals surface area (Å²) in [5.74, 6) is 0. The van der Waals surface area contributed by atoms with Crippen LogP contribution in [0.25, 0.3) is 12.2 Å². The SMILES string of the molecule is ClC1C(BC2=Cc3ccccc3C2(Cl)c2ccccc2)=Cc2ccccc21.[Zr]. The van der Waals surface area contributed by atoms with Crippen LogP contribution in [-0.2, 0) is 31.1 Å². The second kappa shape index (κ2) is 7.83. The largest absolute Gasteiger partial charge is 0.187 e. The van der Waals surface area contributed by atoms with Gasteiger partial charge in [0.15, 0.2) is 7.28 Å². The van der Waals surface area contributed by atoms with Crippen LogP contribution in [-0.4, -0.2) is 7.28 Å². The van der Waals surface area contributed by atoms with Gasteiger partial charge in [0.2, 0.25) is 0 Å². The van der Waals surface area contributed by atoms with Crippen LogP contribution in [0.15, 0.2) is 89.8 Å². The van der Waals surface area contributed by atoms with Crippen LogP contribution in [0.4, 0.5) is 0 Å². The molecule has 0 heterocycles. The molecule has 0 aliphatic heterocycles. The van der Waals surface area contributed by atoms with Gasteiger partial charge in [0, 0.05) is 26.2 Å². The monoisotopic (exact) mass is 476 g/mol. The molecule has 4 heteroatoms. The molecule has 0 fully saturated rings. The fraction of sp³-hybridized carbons (Fsp3) is 0.0833. The summed E-state index contributed by atoms with van der Waals surface area (Å²) in [5.41, 5.74) is 8.22. The Kier molecular flexibility index (Phi) is 5.58. The smallest absolute Gasteiger partial charge is 0.114 e. The van der Waals surface area contributed by atoms with Gasteiger partial charge in [-0.2, -0.15) is 0 Å². The number of rotatable bonds is 3. The summed E-state index contributed by atoms with van der Waals surface area (Å²) in [5, 5.41) is -0.0949. The van der Waals surface area contributed by atoms with E-state index in [1.54, 1.807) is 0 Å². The number of halogens is 2. The number of allylic oxidation sites excluding steroid dienone is 2. The van der Waals surface area contributed by atoms with Crippen LogP contribution in [0, 0.1) is 0 Å². The van der Waals surface area contributed by atoms with Crippen molar-refractivity contribution >= 4 is 42.6 Å². The van der Waals surface area contributed by atoms with Gasteiger partial charge in [0.25, 0.3) is 0 Å². The number of alkyl halides is 2. The minimum Gasteiger partial charge on any atom is -0.114 e. The standard InChI is InChI=1S/C24H17BCl2.Zr/c26-23-19-12-6-4-8-16(19)14-21(23)25-22-15-17-9-5-7-13-20(17)24(22,27)18-10-2-1-3-11-18;/h1-15,23,25H;. The van der Waals surface area contributed by atoms with E-state index in [1.165, 1.54) is 27.6 Å². The van der Waals surface area contributed by atoms with Crippen molar-refractivity contribution in [1.29, 1.82) is 0 Å². The van der Waals surface area contributed by atoms with E-state index in [1.807, 2.05) is 24.3 Å². The van der Waals surface area contributed by atoms with Crippen molar-refractivity contribution in [2.24, 2.45) is 0 Å².